The second kappa shape index (κ2) is 7.10. The van der Waals surface area contributed by atoms with E-state index in [1.807, 2.05) is 30.3 Å². The van der Waals surface area contributed by atoms with Crippen LogP contribution in [0.2, 0.25) is 0 Å². The number of ether oxygens (including phenoxy) is 1. The summed E-state index contributed by atoms with van der Waals surface area (Å²) >= 11 is 0. The Morgan fingerprint density at radius 3 is 2.85 bits per heavy atom. The lowest BCUT2D eigenvalue weighted by atomic mass is 10.1. The molecule has 108 valence electrons. The van der Waals surface area contributed by atoms with Gasteiger partial charge in [-0.2, -0.15) is 0 Å². The minimum atomic E-state index is -0.0636. The fourth-order valence-electron chi connectivity index (χ4n) is 1.99. The molecule has 4 heteroatoms. The van der Waals surface area contributed by atoms with Crippen molar-refractivity contribution >= 4 is 16.6 Å². The van der Waals surface area contributed by atoms with Crippen LogP contribution >= 0.6 is 0 Å². The molecule has 0 bridgehead atoms. The summed E-state index contributed by atoms with van der Waals surface area (Å²) < 4.78 is 5.53. The van der Waals surface area contributed by atoms with E-state index in [4.69, 9.17) is 4.74 Å². The monoisotopic (exact) mass is 274 g/mol. The summed E-state index contributed by atoms with van der Waals surface area (Å²) in [6.45, 7) is 6.48. The maximum Gasteiger partial charge on any atom is 0.257 e. The highest BCUT2D eigenvalue weighted by Gasteiger charge is 2.00. The molecule has 1 aromatic carbocycles. The fourth-order valence-corrected chi connectivity index (χ4v) is 1.99. The van der Waals surface area contributed by atoms with Gasteiger partial charge < -0.3 is 15.0 Å². The van der Waals surface area contributed by atoms with Crippen molar-refractivity contribution in [1.29, 1.82) is 0 Å². The Morgan fingerprint density at radius 2 is 2.05 bits per heavy atom. The van der Waals surface area contributed by atoms with Gasteiger partial charge in [0.15, 0.2) is 0 Å². The van der Waals surface area contributed by atoms with Gasteiger partial charge in [-0.3, -0.25) is 4.79 Å². The molecule has 2 N–H and O–H groups in total. The number of hydrogen-bond donors (Lipinski definition) is 2. The number of fused-ring (bicyclic) bond motifs is 1. The summed E-state index contributed by atoms with van der Waals surface area (Å²) in [4.78, 5) is 14.7. The molecular weight excluding hydrogens is 252 g/mol. The number of aromatic nitrogens is 1. The van der Waals surface area contributed by atoms with E-state index >= 15 is 0 Å². The number of nitrogens with one attached hydrogen (secondary N) is 2. The van der Waals surface area contributed by atoms with Crippen LogP contribution < -0.4 is 10.9 Å². The summed E-state index contributed by atoms with van der Waals surface area (Å²) in [7, 11) is 0. The summed E-state index contributed by atoms with van der Waals surface area (Å²) in [6.07, 6.45) is 1.08. The van der Waals surface area contributed by atoms with E-state index in [2.05, 4.69) is 24.1 Å². The van der Waals surface area contributed by atoms with Gasteiger partial charge in [-0.25, -0.2) is 0 Å². The lowest BCUT2D eigenvalue weighted by molar-refractivity contribution is 0.132. The van der Waals surface area contributed by atoms with Crippen LogP contribution in [0.5, 0.6) is 0 Å². The van der Waals surface area contributed by atoms with Gasteiger partial charge in [-0.15, -0.1) is 0 Å². The Hall–Kier alpha value is -1.81. The maximum absolute atomic E-state index is 11.9. The normalized spacial score (nSPS) is 11.2. The molecule has 1 heterocycles. The molecule has 0 saturated heterocycles. The van der Waals surface area contributed by atoms with Crippen molar-refractivity contribution in [1.82, 2.24) is 4.98 Å². The first-order chi connectivity index (χ1) is 9.66. The largest absolute Gasteiger partial charge is 0.380 e. The van der Waals surface area contributed by atoms with Gasteiger partial charge in [-0.1, -0.05) is 32.0 Å². The SMILES string of the molecule is CC(C)CCOCCNc1cc2ccccc2c(=O)[nH]1. The third-order valence-corrected chi connectivity index (χ3v) is 3.15. The van der Waals surface area contributed by atoms with Crippen molar-refractivity contribution in [2.24, 2.45) is 5.92 Å². The third kappa shape index (κ3) is 4.10. The molecule has 0 saturated carbocycles. The predicted octanol–water partition coefficient (Wildman–Crippen LogP) is 3.00. The highest BCUT2D eigenvalue weighted by atomic mass is 16.5. The van der Waals surface area contributed by atoms with E-state index in [0.29, 0.717) is 24.5 Å². The number of aromatic amines is 1. The van der Waals surface area contributed by atoms with Gasteiger partial charge >= 0.3 is 0 Å². The molecule has 0 aliphatic rings. The molecule has 0 unspecified atom stereocenters. The minimum absolute atomic E-state index is 0.0636. The fraction of sp³-hybridized carbons (Fsp3) is 0.438. The molecule has 1 aromatic heterocycles. The molecule has 0 spiro atoms. The van der Waals surface area contributed by atoms with Crippen LogP contribution in [0.3, 0.4) is 0 Å². The van der Waals surface area contributed by atoms with Crippen LogP contribution in [0.1, 0.15) is 20.3 Å². The zero-order chi connectivity index (χ0) is 14.4. The van der Waals surface area contributed by atoms with Gasteiger partial charge in [0, 0.05) is 18.5 Å². The number of pyridine rings is 1. The van der Waals surface area contributed by atoms with Gasteiger partial charge in [0.1, 0.15) is 5.82 Å². The molecule has 0 radical (unpaired) electrons. The molecule has 0 aliphatic heterocycles. The summed E-state index contributed by atoms with van der Waals surface area (Å²) in [5.74, 6) is 1.40. The lowest BCUT2D eigenvalue weighted by Crippen LogP contribution is -2.15. The molecule has 2 aromatic rings. The highest BCUT2D eigenvalue weighted by Crippen LogP contribution is 2.12. The Bertz CT molecular complexity index is 605. The molecule has 0 amide bonds. The number of hydrogen-bond acceptors (Lipinski definition) is 3. The predicted molar refractivity (Wildman–Crippen MR) is 83.3 cm³/mol. The van der Waals surface area contributed by atoms with Crippen molar-refractivity contribution < 1.29 is 4.74 Å². The van der Waals surface area contributed by atoms with E-state index in [1.165, 1.54) is 0 Å². The number of rotatable bonds is 7. The van der Waals surface area contributed by atoms with Crippen LogP contribution in [0.25, 0.3) is 10.8 Å². The Morgan fingerprint density at radius 1 is 1.25 bits per heavy atom. The number of benzene rings is 1. The van der Waals surface area contributed by atoms with Gasteiger partial charge in [-0.05, 0) is 29.9 Å². The second-order valence-corrected chi connectivity index (χ2v) is 5.32. The summed E-state index contributed by atoms with van der Waals surface area (Å²) in [6, 6.07) is 9.51. The first kappa shape index (κ1) is 14.6. The average Bonchev–Trinajstić information content (AvgIpc) is 2.42. The van der Waals surface area contributed by atoms with E-state index in [-0.39, 0.29) is 5.56 Å². The molecule has 0 fully saturated rings. The van der Waals surface area contributed by atoms with Gasteiger partial charge in [0.2, 0.25) is 0 Å². The Labute approximate surface area is 119 Å². The molecule has 2 rings (SSSR count). The van der Waals surface area contributed by atoms with E-state index in [9.17, 15) is 4.79 Å². The van der Waals surface area contributed by atoms with Crippen molar-refractivity contribution in [2.45, 2.75) is 20.3 Å². The van der Waals surface area contributed by atoms with Crippen molar-refractivity contribution in [3.63, 3.8) is 0 Å². The smallest absolute Gasteiger partial charge is 0.257 e. The topological polar surface area (TPSA) is 54.1 Å². The second-order valence-electron chi connectivity index (χ2n) is 5.32. The van der Waals surface area contributed by atoms with Crippen molar-refractivity contribution in [3.05, 3.63) is 40.7 Å². The zero-order valence-electron chi connectivity index (χ0n) is 12.1. The van der Waals surface area contributed by atoms with E-state index < -0.39 is 0 Å². The molecule has 20 heavy (non-hydrogen) atoms. The minimum Gasteiger partial charge on any atom is -0.380 e. The first-order valence-corrected chi connectivity index (χ1v) is 7.10. The van der Waals surface area contributed by atoms with Gasteiger partial charge in [0.25, 0.3) is 5.56 Å². The van der Waals surface area contributed by atoms with Crippen LogP contribution in [0.4, 0.5) is 5.82 Å². The van der Waals surface area contributed by atoms with Crippen LogP contribution in [0.15, 0.2) is 35.1 Å². The molecule has 0 aliphatic carbocycles. The van der Waals surface area contributed by atoms with Gasteiger partial charge in [0.05, 0.1) is 6.61 Å². The summed E-state index contributed by atoms with van der Waals surface area (Å²) in [5, 5.41) is 4.84. The van der Waals surface area contributed by atoms with Crippen LogP contribution in [-0.4, -0.2) is 24.7 Å². The maximum atomic E-state index is 11.9. The average molecular weight is 274 g/mol. The number of H-pyrrole nitrogens is 1. The van der Waals surface area contributed by atoms with Crippen molar-refractivity contribution in [2.75, 3.05) is 25.1 Å². The standard InChI is InChI=1S/C16H22N2O2/c1-12(2)7-9-20-10-8-17-15-11-13-5-3-4-6-14(13)16(19)18-15/h3-6,11-12H,7-10H2,1-2H3,(H2,17,18,19). The molecular formula is C16H22N2O2. The number of anilines is 1. The Kier molecular flexibility index (Phi) is 5.18. The van der Waals surface area contributed by atoms with E-state index in [0.717, 1.165) is 24.2 Å². The van der Waals surface area contributed by atoms with Crippen LogP contribution in [-0.2, 0) is 4.74 Å². The Balaban J connectivity index is 1.86. The van der Waals surface area contributed by atoms with Crippen LogP contribution in [0, 0.1) is 5.92 Å². The zero-order valence-corrected chi connectivity index (χ0v) is 12.1. The highest BCUT2D eigenvalue weighted by molar-refractivity contribution is 5.83. The van der Waals surface area contributed by atoms with Crippen molar-refractivity contribution in [3.8, 4) is 0 Å². The van der Waals surface area contributed by atoms with E-state index in [1.54, 1.807) is 0 Å². The lowest BCUT2D eigenvalue weighted by Gasteiger charge is -2.09. The third-order valence-electron chi connectivity index (χ3n) is 3.15. The summed E-state index contributed by atoms with van der Waals surface area (Å²) in [5.41, 5.74) is -0.0636. The first-order valence-electron chi connectivity index (χ1n) is 7.10. The quantitative estimate of drug-likeness (QED) is 0.763. The molecule has 4 nitrogen and oxygen atoms in total. The molecule has 0 atom stereocenters.